The number of hydrogen-bond acceptors (Lipinski definition) is 3. The van der Waals surface area contributed by atoms with Gasteiger partial charge in [0.05, 0.1) is 19.3 Å². The van der Waals surface area contributed by atoms with Gasteiger partial charge in [0.1, 0.15) is 0 Å². The number of aliphatic hydroxyl groups is 1. The summed E-state index contributed by atoms with van der Waals surface area (Å²) in [4.78, 5) is 0. The first kappa shape index (κ1) is 7.76. The van der Waals surface area contributed by atoms with E-state index in [1.54, 1.807) is 10.9 Å². The highest BCUT2D eigenvalue weighted by atomic mass is 16.3. The Bertz CT molecular complexity index is 278. The largest absolute Gasteiger partial charge is 0.394 e. The quantitative estimate of drug-likeness (QED) is 0.656. The van der Waals surface area contributed by atoms with E-state index in [1.807, 2.05) is 6.20 Å². The Morgan fingerprint density at radius 2 is 2.42 bits per heavy atom. The predicted octanol–water partition coefficient (Wildman–Crippen LogP) is -0.177. The van der Waals surface area contributed by atoms with E-state index in [-0.39, 0.29) is 12.1 Å². The zero-order valence-electron chi connectivity index (χ0n) is 6.90. The second kappa shape index (κ2) is 2.57. The SMILES string of the molecule is NC1(c2cnn(CCO)c2)CC1. The Morgan fingerprint density at radius 3 is 3.00 bits per heavy atom. The summed E-state index contributed by atoms with van der Waals surface area (Å²) in [7, 11) is 0. The minimum absolute atomic E-state index is 0.103. The number of aliphatic hydroxyl groups excluding tert-OH is 1. The standard InChI is InChI=1S/C8H13N3O/c9-8(1-2-8)7-5-10-11(6-7)3-4-12/h5-6,12H,1-4,9H2. The first-order valence-corrected chi connectivity index (χ1v) is 4.17. The van der Waals surface area contributed by atoms with Crippen molar-refractivity contribution in [2.24, 2.45) is 5.73 Å². The van der Waals surface area contributed by atoms with E-state index >= 15 is 0 Å². The van der Waals surface area contributed by atoms with Gasteiger partial charge in [0.2, 0.25) is 0 Å². The van der Waals surface area contributed by atoms with Crippen LogP contribution >= 0.6 is 0 Å². The van der Waals surface area contributed by atoms with Crippen molar-refractivity contribution in [2.45, 2.75) is 24.9 Å². The zero-order valence-corrected chi connectivity index (χ0v) is 6.90. The lowest BCUT2D eigenvalue weighted by atomic mass is 10.1. The summed E-state index contributed by atoms with van der Waals surface area (Å²) in [5.74, 6) is 0. The maximum atomic E-state index is 8.66. The smallest absolute Gasteiger partial charge is 0.0640 e. The van der Waals surface area contributed by atoms with Gasteiger partial charge in [-0.2, -0.15) is 5.10 Å². The Kier molecular flexibility index (Phi) is 1.66. The van der Waals surface area contributed by atoms with E-state index in [1.165, 1.54) is 0 Å². The van der Waals surface area contributed by atoms with Crippen LogP contribution in [0.1, 0.15) is 18.4 Å². The average Bonchev–Trinajstić information content (AvgIpc) is 2.64. The van der Waals surface area contributed by atoms with Crippen LogP contribution in [0, 0.1) is 0 Å². The summed E-state index contributed by atoms with van der Waals surface area (Å²) >= 11 is 0. The molecule has 0 radical (unpaired) electrons. The van der Waals surface area contributed by atoms with Crippen molar-refractivity contribution in [3.8, 4) is 0 Å². The molecule has 4 heteroatoms. The van der Waals surface area contributed by atoms with Crippen LogP contribution in [0.4, 0.5) is 0 Å². The van der Waals surface area contributed by atoms with Gasteiger partial charge in [-0.15, -0.1) is 0 Å². The number of hydrogen-bond donors (Lipinski definition) is 2. The van der Waals surface area contributed by atoms with Crippen LogP contribution in [-0.2, 0) is 12.1 Å². The fourth-order valence-corrected chi connectivity index (χ4v) is 1.27. The fraction of sp³-hybridized carbons (Fsp3) is 0.625. The van der Waals surface area contributed by atoms with Gasteiger partial charge in [-0.1, -0.05) is 0 Å². The zero-order chi connectivity index (χ0) is 8.60. The molecule has 1 saturated carbocycles. The molecule has 1 aliphatic carbocycles. The molecule has 3 N–H and O–H groups in total. The van der Waals surface area contributed by atoms with Crippen LogP contribution in [0.5, 0.6) is 0 Å². The third kappa shape index (κ3) is 1.23. The van der Waals surface area contributed by atoms with Gasteiger partial charge in [0.15, 0.2) is 0 Å². The second-order valence-corrected chi connectivity index (χ2v) is 3.37. The summed E-state index contributed by atoms with van der Waals surface area (Å²) in [5, 5.41) is 12.7. The van der Waals surface area contributed by atoms with E-state index in [2.05, 4.69) is 5.10 Å². The van der Waals surface area contributed by atoms with E-state index in [0.29, 0.717) is 6.54 Å². The van der Waals surface area contributed by atoms with E-state index in [0.717, 1.165) is 18.4 Å². The summed E-state index contributed by atoms with van der Waals surface area (Å²) < 4.78 is 1.72. The molecule has 4 nitrogen and oxygen atoms in total. The van der Waals surface area contributed by atoms with Crippen LogP contribution in [0.2, 0.25) is 0 Å². The highest BCUT2D eigenvalue weighted by molar-refractivity contribution is 5.24. The molecule has 0 unspecified atom stereocenters. The second-order valence-electron chi connectivity index (χ2n) is 3.37. The monoisotopic (exact) mass is 167 g/mol. The molecule has 0 spiro atoms. The summed E-state index contributed by atoms with van der Waals surface area (Å²) in [6, 6.07) is 0. The summed E-state index contributed by atoms with van der Waals surface area (Å²) in [5.41, 5.74) is 6.95. The van der Waals surface area contributed by atoms with E-state index in [9.17, 15) is 0 Å². The van der Waals surface area contributed by atoms with Gasteiger partial charge in [-0.25, -0.2) is 0 Å². The Morgan fingerprint density at radius 1 is 1.67 bits per heavy atom. The molecule has 12 heavy (non-hydrogen) atoms. The lowest BCUT2D eigenvalue weighted by molar-refractivity contribution is 0.269. The molecule has 0 saturated heterocycles. The Labute approximate surface area is 71.0 Å². The molecular formula is C8H13N3O. The van der Waals surface area contributed by atoms with Crippen molar-refractivity contribution in [3.05, 3.63) is 18.0 Å². The number of rotatable bonds is 3. The lowest BCUT2D eigenvalue weighted by Crippen LogP contribution is -2.17. The van der Waals surface area contributed by atoms with Crippen LogP contribution in [-0.4, -0.2) is 21.5 Å². The molecule has 0 aliphatic heterocycles. The van der Waals surface area contributed by atoms with Crippen LogP contribution in [0.3, 0.4) is 0 Å². The molecule has 0 amide bonds. The molecule has 0 atom stereocenters. The third-order valence-corrected chi connectivity index (χ3v) is 2.33. The van der Waals surface area contributed by atoms with Gasteiger partial charge < -0.3 is 10.8 Å². The number of nitrogens with zero attached hydrogens (tertiary/aromatic N) is 2. The fourth-order valence-electron chi connectivity index (χ4n) is 1.27. The molecule has 1 aromatic heterocycles. The average molecular weight is 167 g/mol. The first-order chi connectivity index (χ1) is 5.74. The van der Waals surface area contributed by atoms with Crippen LogP contribution < -0.4 is 5.73 Å². The van der Waals surface area contributed by atoms with E-state index < -0.39 is 0 Å². The van der Waals surface area contributed by atoms with Gasteiger partial charge in [0, 0.05) is 17.3 Å². The van der Waals surface area contributed by atoms with Crippen molar-refractivity contribution in [3.63, 3.8) is 0 Å². The highest BCUT2D eigenvalue weighted by Gasteiger charge is 2.40. The lowest BCUT2D eigenvalue weighted by Gasteiger charge is -2.02. The van der Waals surface area contributed by atoms with Crippen molar-refractivity contribution in [2.75, 3.05) is 6.61 Å². The minimum atomic E-state index is -0.103. The maximum Gasteiger partial charge on any atom is 0.0640 e. The van der Waals surface area contributed by atoms with Gasteiger partial charge in [0.25, 0.3) is 0 Å². The molecule has 66 valence electrons. The van der Waals surface area contributed by atoms with Crippen LogP contribution in [0.25, 0.3) is 0 Å². The van der Waals surface area contributed by atoms with Crippen molar-refractivity contribution in [1.29, 1.82) is 0 Å². The Balaban J connectivity index is 2.13. The molecule has 1 fully saturated rings. The van der Waals surface area contributed by atoms with E-state index in [4.69, 9.17) is 10.8 Å². The van der Waals surface area contributed by atoms with Crippen molar-refractivity contribution in [1.82, 2.24) is 9.78 Å². The molecule has 2 rings (SSSR count). The predicted molar refractivity (Wildman–Crippen MR) is 44.4 cm³/mol. The topological polar surface area (TPSA) is 64.1 Å². The molecule has 0 aromatic carbocycles. The Hall–Kier alpha value is -0.870. The van der Waals surface area contributed by atoms with Crippen LogP contribution in [0.15, 0.2) is 12.4 Å². The normalized spacial score (nSPS) is 19.5. The van der Waals surface area contributed by atoms with Gasteiger partial charge in [-0.3, -0.25) is 4.68 Å². The van der Waals surface area contributed by atoms with Gasteiger partial charge in [-0.05, 0) is 12.8 Å². The first-order valence-electron chi connectivity index (χ1n) is 4.17. The van der Waals surface area contributed by atoms with Crippen molar-refractivity contribution >= 4 is 0 Å². The number of nitrogens with two attached hydrogens (primary N) is 1. The third-order valence-electron chi connectivity index (χ3n) is 2.33. The molecular weight excluding hydrogens is 154 g/mol. The molecule has 0 bridgehead atoms. The summed E-state index contributed by atoms with van der Waals surface area (Å²) in [6.07, 6.45) is 5.82. The summed E-state index contributed by atoms with van der Waals surface area (Å²) in [6.45, 7) is 0.675. The molecule has 1 aliphatic rings. The van der Waals surface area contributed by atoms with Gasteiger partial charge >= 0.3 is 0 Å². The molecule has 1 heterocycles. The number of aromatic nitrogens is 2. The highest BCUT2D eigenvalue weighted by Crippen LogP contribution is 2.42. The molecule has 1 aromatic rings. The van der Waals surface area contributed by atoms with Crippen molar-refractivity contribution < 1.29 is 5.11 Å². The maximum absolute atomic E-state index is 8.66. The minimum Gasteiger partial charge on any atom is -0.394 e.